The van der Waals surface area contributed by atoms with Gasteiger partial charge in [-0.25, -0.2) is 4.39 Å². The Morgan fingerprint density at radius 1 is 1.04 bits per heavy atom. The molecule has 132 valence electrons. The number of likely N-dealkylation sites (N-methyl/N-ethyl adjacent to an activating group) is 1. The number of halogens is 1. The monoisotopic (exact) mass is 341 g/mol. The minimum Gasteiger partial charge on any atom is -0.344 e. The highest BCUT2D eigenvalue weighted by molar-refractivity contribution is 5.94. The molecule has 1 heterocycles. The van der Waals surface area contributed by atoms with Crippen molar-refractivity contribution >= 4 is 5.91 Å². The third-order valence-corrected chi connectivity index (χ3v) is 4.65. The lowest BCUT2D eigenvalue weighted by Crippen LogP contribution is -2.47. The van der Waals surface area contributed by atoms with E-state index in [1.54, 1.807) is 0 Å². The molecule has 3 rings (SSSR count). The lowest BCUT2D eigenvalue weighted by atomic mass is 10.0. The van der Waals surface area contributed by atoms with Crippen molar-refractivity contribution in [2.45, 2.75) is 6.04 Å². The number of amides is 1. The fourth-order valence-corrected chi connectivity index (χ4v) is 3.05. The molecule has 0 aromatic heterocycles. The molecule has 1 amide bonds. The fraction of sp³-hybridized carbons (Fsp3) is 0.350. The van der Waals surface area contributed by atoms with Crippen molar-refractivity contribution in [3.05, 3.63) is 71.5 Å². The fourth-order valence-electron chi connectivity index (χ4n) is 3.05. The maximum Gasteiger partial charge on any atom is 0.251 e. The molecule has 1 saturated heterocycles. The van der Waals surface area contributed by atoms with Crippen molar-refractivity contribution < 1.29 is 9.18 Å². The molecule has 1 fully saturated rings. The number of nitrogens with one attached hydrogen (secondary N) is 1. The number of benzene rings is 2. The van der Waals surface area contributed by atoms with E-state index in [2.05, 4.69) is 22.2 Å². The molecule has 1 atom stereocenters. The molecule has 0 spiro atoms. The standard InChI is InChI=1S/C20H24FN3O/c1-23-11-13-24(14-12-23)15-19(16-5-3-2-4-6-16)22-20(25)17-7-9-18(21)10-8-17/h2-10,19H,11-15H2,1H3,(H,22,25)/t19-/m1/s1. The molecule has 2 aromatic carbocycles. The Morgan fingerprint density at radius 3 is 2.32 bits per heavy atom. The van der Waals surface area contributed by atoms with Crippen LogP contribution in [0.2, 0.25) is 0 Å². The summed E-state index contributed by atoms with van der Waals surface area (Å²) in [5.74, 6) is -0.517. The zero-order chi connectivity index (χ0) is 17.6. The summed E-state index contributed by atoms with van der Waals surface area (Å²) in [6.07, 6.45) is 0. The molecule has 1 aliphatic rings. The van der Waals surface area contributed by atoms with E-state index in [0.29, 0.717) is 5.56 Å². The maximum atomic E-state index is 13.1. The van der Waals surface area contributed by atoms with Crippen LogP contribution >= 0.6 is 0 Å². The molecule has 25 heavy (non-hydrogen) atoms. The van der Waals surface area contributed by atoms with Gasteiger partial charge >= 0.3 is 0 Å². The predicted octanol–water partition coefficient (Wildman–Crippen LogP) is 2.54. The molecular weight excluding hydrogens is 317 g/mol. The molecule has 2 aromatic rings. The van der Waals surface area contributed by atoms with Gasteiger partial charge in [-0.05, 0) is 36.9 Å². The highest BCUT2D eigenvalue weighted by Gasteiger charge is 2.21. The van der Waals surface area contributed by atoms with Gasteiger partial charge in [-0.1, -0.05) is 30.3 Å². The zero-order valence-electron chi connectivity index (χ0n) is 14.5. The van der Waals surface area contributed by atoms with E-state index >= 15 is 0 Å². The van der Waals surface area contributed by atoms with Crippen LogP contribution in [0.5, 0.6) is 0 Å². The third kappa shape index (κ3) is 4.87. The van der Waals surface area contributed by atoms with E-state index < -0.39 is 0 Å². The summed E-state index contributed by atoms with van der Waals surface area (Å²) in [6.45, 7) is 4.82. The van der Waals surface area contributed by atoms with Crippen LogP contribution in [0.3, 0.4) is 0 Å². The quantitative estimate of drug-likeness (QED) is 0.908. The first-order valence-corrected chi connectivity index (χ1v) is 8.64. The largest absolute Gasteiger partial charge is 0.344 e. The van der Waals surface area contributed by atoms with Gasteiger partial charge in [0.1, 0.15) is 5.82 Å². The van der Waals surface area contributed by atoms with Gasteiger partial charge < -0.3 is 10.2 Å². The van der Waals surface area contributed by atoms with Crippen molar-refractivity contribution in [2.24, 2.45) is 0 Å². The highest BCUT2D eigenvalue weighted by atomic mass is 19.1. The summed E-state index contributed by atoms with van der Waals surface area (Å²) in [5.41, 5.74) is 1.55. The molecule has 0 saturated carbocycles. The van der Waals surface area contributed by atoms with Crippen LogP contribution in [0.4, 0.5) is 4.39 Å². The maximum absolute atomic E-state index is 13.1. The van der Waals surface area contributed by atoms with Crippen LogP contribution in [0.1, 0.15) is 22.0 Å². The van der Waals surface area contributed by atoms with Crippen molar-refractivity contribution in [2.75, 3.05) is 39.8 Å². The number of rotatable bonds is 5. The normalized spacial score (nSPS) is 17.2. The Labute approximate surface area is 148 Å². The summed E-state index contributed by atoms with van der Waals surface area (Å²) in [6, 6.07) is 15.6. The average molecular weight is 341 g/mol. The molecular formula is C20H24FN3O. The van der Waals surface area contributed by atoms with E-state index in [1.165, 1.54) is 24.3 Å². The van der Waals surface area contributed by atoms with Crippen LogP contribution in [-0.4, -0.2) is 55.5 Å². The topological polar surface area (TPSA) is 35.6 Å². The molecule has 1 N–H and O–H groups in total. The summed E-state index contributed by atoms with van der Waals surface area (Å²) < 4.78 is 13.1. The summed E-state index contributed by atoms with van der Waals surface area (Å²) in [5, 5.41) is 3.11. The van der Waals surface area contributed by atoms with Gasteiger partial charge in [0.15, 0.2) is 0 Å². The average Bonchev–Trinajstić information content (AvgIpc) is 2.64. The molecule has 0 radical (unpaired) electrons. The van der Waals surface area contributed by atoms with Crippen LogP contribution in [0.15, 0.2) is 54.6 Å². The second-order valence-electron chi connectivity index (χ2n) is 6.55. The number of nitrogens with zero attached hydrogens (tertiary/aromatic N) is 2. The van der Waals surface area contributed by atoms with Crippen molar-refractivity contribution in [1.82, 2.24) is 15.1 Å². The molecule has 4 nitrogen and oxygen atoms in total. The van der Waals surface area contributed by atoms with E-state index in [4.69, 9.17) is 0 Å². The number of piperazine rings is 1. The van der Waals surface area contributed by atoms with Gasteiger partial charge in [0, 0.05) is 38.3 Å². The Kier molecular flexibility index (Phi) is 5.79. The molecule has 0 bridgehead atoms. The van der Waals surface area contributed by atoms with Gasteiger partial charge in [-0.15, -0.1) is 0 Å². The van der Waals surface area contributed by atoms with Gasteiger partial charge in [0.05, 0.1) is 6.04 Å². The van der Waals surface area contributed by atoms with Crippen LogP contribution in [0.25, 0.3) is 0 Å². The molecule has 1 aliphatic heterocycles. The molecule has 0 unspecified atom stereocenters. The zero-order valence-corrected chi connectivity index (χ0v) is 14.5. The summed E-state index contributed by atoms with van der Waals surface area (Å²) in [7, 11) is 2.13. The van der Waals surface area contributed by atoms with Gasteiger partial charge in [-0.2, -0.15) is 0 Å². The Bertz CT molecular complexity index is 682. The second kappa shape index (κ2) is 8.23. The minimum atomic E-state index is -0.339. The van der Waals surface area contributed by atoms with Crippen molar-refractivity contribution in [1.29, 1.82) is 0 Å². The minimum absolute atomic E-state index is 0.0952. The van der Waals surface area contributed by atoms with Gasteiger partial charge in [0.25, 0.3) is 5.91 Å². The van der Waals surface area contributed by atoms with E-state index in [-0.39, 0.29) is 17.8 Å². The molecule has 0 aliphatic carbocycles. The number of hydrogen-bond acceptors (Lipinski definition) is 3. The lowest BCUT2D eigenvalue weighted by molar-refractivity contribution is 0.0907. The van der Waals surface area contributed by atoms with Crippen LogP contribution in [-0.2, 0) is 0 Å². The SMILES string of the molecule is CN1CCN(C[C@@H](NC(=O)c2ccc(F)cc2)c2ccccc2)CC1. The van der Waals surface area contributed by atoms with Gasteiger partial charge in [-0.3, -0.25) is 9.69 Å². The third-order valence-electron chi connectivity index (χ3n) is 4.65. The number of hydrogen-bond donors (Lipinski definition) is 1. The Balaban J connectivity index is 1.72. The lowest BCUT2D eigenvalue weighted by Gasteiger charge is -2.35. The summed E-state index contributed by atoms with van der Waals surface area (Å²) >= 11 is 0. The summed E-state index contributed by atoms with van der Waals surface area (Å²) in [4.78, 5) is 17.3. The van der Waals surface area contributed by atoms with E-state index in [0.717, 1.165) is 38.3 Å². The smallest absolute Gasteiger partial charge is 0.251 e. The van der Waals surface area contributed by atoms with Crippen molar-refractivity contribution in [3.8, 4) is 0 Å². The first-order chi connectivity index (χ1) is 12.1. The highest BCUT2D eigenvalue weighted by Crippen LogP contribution is 2.16. The first-order valence-electron chi connectivity index (χ1n) is 8.64. The number of carbonyl (C=O) groups is 1. The predicted molar refractivity (Wildman–Crippen MR) is 97.0 cm³/mol. The van der Waals surface area contributed by atoms with Crippen LogP contribution < -0.4 is 5.32 Å². The van der Waals surface area contributed by atoms with Crippen molar-refractivity contribution in [3.63, 3.8) is 0 Å². The molecule has 5 heteroatoms. The Hall–Kier alpha value is -2.24. The Morgan fingerprint density at radius 2 is 1.68 bits per heavy atom. The van der Waals surface area contributed by atoms with E-state index in [1.807, 2.05) is 30.3 Å². The van der Waals surface area contributed by atoms with Crippen LogP contribution in [0, 0.1) is 5.82 Å². The second-order valence-corrected chi connectivity index (χ2v) is 6.55. The number of carbonyl (C=O) groups excluding carboxylic acids is 1. The van der Waals surface area contributed by atoms with Gasteiger partial charge in [0.2, 0.25) is 0 Å². The first kappa shape index (κ1) is 17.6. The van der Waals surface area contributed by atoms with E-state index in [9.17, 15) is 9.18 Å².